The van der Waals surface area contributed by atoms with Crippen molar-refractivity contribution >= 4 is 17.4 Å². The molecule has 190 valence electrons. The SMILES string of the molecule is COc1cccc(C(O)=C2C(=O)C(=O)N(CC3CCCO3)C2c2cc(OC)c3c(c2OC)OCO3)c1. The van der Waals surface area contributed by atoms with Crippen molar-refractivity contribution in [2.75, 3.05) is 41.3 Å². The van der Waals surface area contributed by atoms with Gasteiger partial charge in [0.1, 0.15) is 11.5 Å². The third kappa shape index (κ3) is 3.87. The van der Waals surface area contributed by atoms with E-state index in [1.807, 2.05) is 0 Å². The fraction of sp³-hybridized carbons (Fsp3) is 0.385. The first-order valence-electron chi connectivity index (χ1n) is 11.6. The van der Waals surface area contributed by atoms with E-state index >= 15 is 0 Å². The van der Waals surface area contributed by atoms with Crippen molar-refractivity contribution in [1.29, 1.82) is 0 Å². The van der Waals surface area contributed by atoms with Gasteiger partial charge < -0.3 is 38.4 Å². The first-order chi connectivity index (χ1) is 17.5. The molecule has 0 aromatic heterocycles. The monoisotopic (exact) mass is 497 g/mol. The van der Waals surface area contributed by atoms with Crippen molar-refractivity contribution in [3.8, 4) is 28.7 Å². The lowest BCUT2D eigenvalue weighted by Crippen LogP contribution is -2.36. The molecule has 36 heavy (non-hydrogen) atoms. The molecule has 0 spiro atoms. The second kappa shape index (κ2) is 9.62. The molecule has 0 radical (unpaired) electrons. The van der Waals surface area contributed by atoms with E-state index < -0.39 is 17.7 Å². The maximum atomic E-state index is 13.4. The molecule has 1 amide bonds. The van der Waals surface area contributed by atoms with Crippen LogP contribution < -0.4 is 23.7 Å². The fourth-order valence-corrected chi connectivity index (χ4v) is 4.92. The Labute approximate surface area is 207 Å². The van der Waals surface area contributed by atoms with Gasteiger partial charge in [0.05, 0.1) is 39.0 Å². The van der Waals surface area contributed by atoms with Gasteiger partial charge in [0, 0.05) is 24.3 Å². The number of carbonyl (C=O) groups is 2. The van der Waals surface area contributed by atoms with Crippen molar-refractivity contribution in [2.24, 2.45) is 0 Å². The molecule has 2 atom stereocenters. The van der Waals surface area contributed by atoms with Crippen LogP contribution in [-0.4, -0.2) is 69.1 Å². The number of aliphatic hydroxyl groups is 1. The highest BCUT2D eigenvalue weighted by Crippen LogP contribution is 2.54. The van der Waals surface area contributed by atoms with Gasteiger partial charge in [-0.05, 0) is 31.0 Å². The molecule has 2 fully saturated rings. The van der Waals surface area contributed by atoms with Crippen LogP contribution in [0.3, 0.4) is 0 Å². The van der Waals surface area contributed by atoms with E-state index in [-0.39, 0.29) is 36.5 Å². The number of ether oxygens (including phenoxy) is 6. The molecule has 1 N–H and O–H groups in total. The molecule has 5 rings (SSSR count). The highest BCUT2D eigenvalue weighted by atomic mass is 16.7. The Morgan fingerprint density at radius 1 is 1.08 bits per heavy atom. The molecule has 0 bridgehead atoms. The lowest BCUT2D eigenvalue weighted by Gasteiger charge is -2.29. The third-order valence-corrected chi connectivity index (χ3v) is 6.62. The van der Waals surface area contributed by atoms with E-state index in [0.717, 1.165) is 12.8 Å². The molecule has 3 heterocycles. The summed E-state index contributed by atoms with van der Waals surface area (Å²) >= 11 is 0. The van der Waals surface area contributed by atoms with E-state index in [1.165, 1.54) is 26.2 Å². The van der Waals surface area contributed by atoms with Crippen LogP contribution in [-0.2, 0) is 14.3 Å². The minimum Gasteiger partial charge on any atom is -0.507 e. The number of methoxy groups -OCH3 is 3. The van der Waals surface area contributed by atoms with E-state index in [0.29, 0.717) is 40.7 Å². The molecule has 2 unspecified atom stereocenters. The van der Waals surface area contributed by atoms with Crippen molar-refractivity contribution in [1.82, 2.24) is 4.90 Å². The smallest absolute Gasteiger partial charge is 0.295 e. The molecule has 3 aliphatic rings. The number of benzene rings is 2. The van der Waals surface area contributed by atoms with Gasteiger partial charge in [-0.2, -0.15) is 0 Å². The van der Waals surface area contributed by atoms with Crippen molar-refractivity contribution in [2.45, 2.75) is 25.0 Å². The highest BCUT2D eigenvalue weighted by molar-refractivity contribution is 6.46. The summed E-state index contributed by atoms with van der Waals surface area (Å²) in [7, 11) is 4.44. The Morgan fingerprint density at radius 2 is 1.89 bits per heavy atom. The summed E-state index contributed by atoms with van der Waals surface area (Å²) < 4.78 is 33.5. The topological polar surface area (TPSA) is 113 Å². The zero-order valence-electron chi connectivity index (χ0n) is 20.2. The van der Waals surface area contributed by atoms with Gasteiger partial charge in [0.25, 0.3) is 11.7 Å². The number of rotatable bonds is 7. The van der Waals surface area contributed by atoms with Gasteiger partial charge in [-0.1, -0.05) is 12.1 Å². The Hall–Kier alpha value is -3.92. The van der Waals surface area contributed by atoms with E-state index in [2.05, 4.69) is 0 Å². The molecule has 0 saturated carbocycles. The second-order valence-corrected chi connectivity index (χ2v) is 8.58. The molecule has 2 saturated heterocycles. The number of ketones is 1. The molecule has 0 aliphatic carbocycles. The van der Waals surface area contributed by atoms with E-state index in [9.17, 15) is 14.7 Å². The molecular formula is C26H27NO9. The fourth-order valence-electron chi connectivity index (χ4n) is 4.92. The largest absolute Gasteiger partial charge is 0.507 e. The van der Waals surface area contributed by atoms with Crippen LogP contribution in [0.5, 0.6) is 28.7 Å². The quantitative estimate of drug-likeness (QED) is 0.350. The van der Waals surface area contributed by atoms with Crippen LogP contribution in [0.2, 0.25) is 0 Å². The predicted octanol–water partition coefficient (Wildman–Crippen LogP) is 3.04. The number of Topliss-reactive ketones (excluding diaryl/α,β-unsaturated/α-hetero) is 1. The van der Waals surface area contributed by atoms with Crippen LogP contribution in [0, 0.1) is 0 Å². The Balaban J connectivity index is 1.73. The summed E-state index contributed by atoms with van der Waals surface area (Å²) in [5, 5.41) is 11.4. The summed E-state index contributed by atoms with van der Waals surface area (Å²) in [6, 6.07) is 7.30. The molecular weight excluding hydrogens is 470 g/mol. The van der Waals surface area contributed by atoms with Gasteiger partial charge >= 0.3 is 0 Å². The van der Waals surface area contributed by atoms with Gasteiger partial charge in [0.15, 0.2) is 11.5 Å². The van der Waals surface area contributed by atoms with E-state index in [4.69, 9.17) is 28.4 Å². The minimum absolute atomic E-state index is 0.0363. The summed E-state index contributed by atoms with van der Waals surface area (Å²) in [4.78, 5) is 28.2. The maximum Gasteiger partial charge on any atom is 0.295 e. The standard InChI is InChI=1S/C26H27NO9/c1-31-15-7-4-6-14(10-15)21(28)19-20(27(26(30)22(19)29)12-16-8-5-9-34-16)17-11-18(32-2)24-25(23(17)33-3)36-13-35-24/h4,6-7,10-11,16,20,28H,5,8-9,12-13H2,1-3H3. The third-order valence-electron chi connectivity index (χ3n) is 6.62. The van der Waals surface area contributed by atoms with Gasteiger partial charge in [0.2, 0.25) is 18.3 Å². The number of hydrogen-bond acceptors (Lipinski definition) is 9. The van der Waals surface area contributed by atoms with Crippen molar-refractivity contribution in [3.05, 3.63) is 47.0 Å². The lowest BCUT2D eigenvalue weighted by molar-refractivity contribution is -0.140. The average Bonchev–Trinajstić information content (AvgIpc) is 3.65. The normalized spacial score (nSPS) is 22.2. The van der Waals surface area contributed by atoms with Crippen LogP contribution >= 0.6 is 0 Å². The number of hydrogen-bond donors (Lipinski definition) is 1. The summed E-state index contributed by atoms with van der Waals surface area (Å²) in [5.41, 5.74) is 0.673. The minimum atomic E-state index is -0.987. The Bertz CT molecular complexity index is 1230. The molecule has 10 nitrogen and oxygen atoms in total. The molecule has 2 aromatic carbocycles. The van der Waals surface area contributed by atoms with Crippen LogP contribution in [0.25, 0.3) is 5.76 Å². The van der Waals surface area contributed by atoms with Gasteiger partial charge in [-0.3, -0.25) is 9.59 Å². The average molecular weight is 498 g/mol. The molecule has 3 aliphatic heterocycles. The number of carbonyl (C=O) groups excluding carboxylic acids is 2. The van der Waals surface area contributed by atoms with E-state index in [1.54, 1.807) is 30.3 Å². The molecule has 10 heteroatoms. The number of nitrogens with zero attached hydrogens (tertiary/aromatic N) is 1. The predicted molar refractivity (Wildman–Crippen MR) is 127 cm³/mol. The summed E-state index contributed by atoms with van der Waals surface area (Å²) in [6.07, 6.45) is 1.39. The number of fused-ring (bicyclic) bond motifs is 1. The maximum absolute atomic E-state index is 13.4. The zero-order chi connectivity index (χ0) is 25.4. The lowest BCUT2D eigenvalue weighted by atomic mass is 9.93. The first kappa shape index (κ1) is 23.8. The van der Waals surface area contributed by atoms with Crippen LogP contribution in [0.4, 0.5) is 0 Å². The van der Waals surface area contributed by atoms with Crippen molar-refractivity contribution < 1.29 is 43.1 Å². The van der Waals surface area contributed by atoms with Gasteiger partial charge in [-0.15, -0.1) is 0 Å². The van der Waals surface area contributed by atoms with Crippen LogP contribution in [0.1, 0.15) is 30.0 Å². The van der Waals surface area contributed by atoms with Crippen LogP contribution in [0.15, 0.2) is 35.9 Å². The summed E-state index contributed by atoms with van der Waals surface area (Å²) in [6.45, 7) is 0.722. The Morgan fingerprint density at radius 3 is 2.58 bits per heavy atom. The number of likely N-dealkylation sites (tertiary alicyclic amines) is 1. The van der Waals surface area contributed by atoms with Crippen molar-refractivity contribution in [3.63, 3.8) is 0 Å². The number of aliphatic hydroxyl groups excluding tert-OH is 1. The number of amides is 1. The zero-order valence-corrected chi connectivity index (χ0v) is 20.2. The summed E-state index contributed by atoms with van der Waals surface area (Å²) in [5.74, 6) is -0.0858. The van der Waals surface area contributed by atoms with Gasteiger partial charge in [-0.25, -0.2) is 0 Å². The Kier molecular flexibility index (Phi) is 6.36. The highest BCUT2D eigenvalue weighted by Gasteiger charge is 2.49. The first-order valence-corrected chi connectivity index (χ1v) is 11.6. The second-order valence-electron chi connectivity index (χ2n) is 8.58. The molecule has 2 aromatic rings.